The van der Waals surface area contributed by atoms with Crippen LogP contribution in [0.3, 0.4) is 0 Å². The van der Waals surface area contributed by atoms with Crippen LogP contribution in [0.2, 0.25) is 0 Å². The van der Waals surface area contributed by atoms with Gasteiger partial charge in [-0.1, -0.05) is 13.8 Å². The van der Waals surface area contributed by atoms with Crippen LogP contribution >= 0.6 is 0 Å². The fraction of sp³-hybridized carbons (Fsp3) is 0.909. The van der Waals surface area contributed by atoms with Crippen LogP contribution in [0.4, 0.5) is 0 Å². The summed E-state index contributed by atoms with van der Waals surface area (Å²) in [4.78, 5) is 13.0. The van der Waals surface area contributed by atoms with E-state index in [0.717, 1.165) is 19.1 Å². The second-order valence-corrected chi connectivity index (χ2v) is 3.91. The largest absolute Gasteiger partial charge is 0.395 e. The monoisotopic (exact) mass is 217 g/mol. The third-order valence-corrected chi connectivity index (χ3v) is 3.03. The van der Waals surface area contributed by atoms with Crippen LogP contribution in [0.15, 0.2) is 0 Å². The topological polar surface area (TPSA) is 60.8 Å². The molecule has 4 nitrogen and oxygen atoms in total. The average molecular weight is 217 g/mol. The van der Waals surface area contributed by atoms with E-state index < -0.39 is 0 Å². The summed E-state index contributed by atoms with van der Waals surface area (Å²) < 4.78 is 0. The Morgan fingerprint density at radius 2 is 1.60 bits per heavy atom. The number of carbonyl (C=O) groups is 1. The number of aliphatic hydroxyl groups excluding tert-OH is 2. The van der Waals surface area contributed by atoms with Crippen molar-refractivity contribution in [3.63, 3.8) is 0 Å². The van der Waals surface area contributed by atoms with Crippen molar-refractivity contribution in [2.45, 2.75) is 26.7 Å². The Hall–Kier alpha value is -0.450. The molecule has 0 unspecified atom stereocenters. The van der Waals surface area contributed by atoms with Crippen LogP contribution in [0.1, 0.15) is 26.7 Å². The van der Waals surface area contributed by atoms with Crippen LogP contribution in [-0.4, -0.2) is 54.2 Å². The Balaban J connectivity index is 4.37. The van der Waals surface area contributed by atoms with E-state index in [1.165, 1.54) is 0 Å². The molecule has 0 rings (SSSR count). The Morgan fingerprint density at radius 3 is 1.87 bits per heavy atom. The number of aliphatic hydroxyl groups is 2. The molecule has 0 radical (unpaired) electrons. The number of carbonyl (C=O) groups excluding carboxylic acids is 1. The van der Waals surface area contributed by atoms with Crippen LogP contribution < -0.4 is 0 Å². The van der Waals surface area contributed by atoms with Gasteiger partial charge in [-0.2, -0.15) is 0 Å². The Bertz CT molecular complexity index is 163. The second-order valence-electron chi connectivity index (χ2n) is 3.91. The molecule has 0 fully saturated rings. The minimum atomic E-state index is -0.329. The van der Waals surface area contributed by atoms with Gasteiger partial charge in [0.15, 0.2) is 0 Å². The van der Waals surface area contributed by atoms with E-state index in [1.807, 2.05) is 18.7 Å². The Kier molecular flexibility index (Phi) is 7.56. The lowest BCUT2D eigenvalue weighted by molar-refractivity contribution is -0.118. The first-order valence-corrected chi connectivity index (χ1v) is 5.58. The fourth-order valence-electron chi connectivity index (χ4n) is 1.68. The third-order valence-electron chi connectivity index (χ3n) is 3.03. The third kappa shape index (κ3) is 4.73. The maximum absolute atomic E-state index is 11.1. The van der Waals surface area contributed by atoms with Crippen molar-refractivity contribution in [1.29, 1.82) is 0 Å². The van der Waals surface area contributed by atoms with Crippen LogP contribution in [0.5, 0.6) is 0 Å². The molecular formula is C11H23NO3. The first kappa shape index (κ1) is 14.6. The summed E-state index contributed by atoms with van der Waals surface area (Å²) in [6.07, 6.45) is 2.59. The summed E-state index contributed by atoms with van der Waals surface area (Å²) in [5, 5.41) is 17.7. The summed E-state index contributed by atoms with van der Waals surface area (Å²) in [5.41, 5.74) is -0.329. The highest BCUT2D eigenvalue weighted by molar-refractivity contribution is 5.59. The number of hydrogen-bond acceptors (Lipinski definition) is 4. The van der Waals surface area contributed by atoms with Crippen molar-refractivity contribution < 1.29 is 15.0 Å². The van der Waals surface area contributed by atoms with E-state index in [4.69, 9.17) is 10.2 Å². The molecule has 90 valence electrons. The standard InChI is InChI=1S/C11H23NO3/c1-3-11(4-2,10-15)9-12(5-7-13)6-8-14/h10,13-14H,3-9H2,1-2H3. The molecule has 0 bridgehead atoms. The molecule has 0 aliphatic carbocycles. The molecule has 0 aliphatic heterocycles. The zero-order valence-corrected chi connectivity index (χ0v) is 9.78. The van der Waals surface area contributed by atoms with Gasteiger partial charge in [-0.25, -0.2) is 0 Å². The van der Waals surface area contributed by atoms with E-state index in [9.17, 15) is 4.79 Å². The molecule has 0 aliphatic rings. The number of nitrogens with zero attached hydrogens (tertiary/aromatic N) is 1. The summed E-state index contributed by atoms with van der Waals surface area (Å²) in [7, 11) is 0. The van der Waals surface area contributed by atoms with E-state index in [0.29, 0.717) is 19.6 Å². The minimum Gasteiger partial charge on any atom is -0.395 e. The molecule has 0 aromatic rings. The molecule has 0 aromatic heterocycles. The van der Waals surface area contributed by atoms with Gasteiger partial charge in [0, 0.05) is 25.0 Å². The summed E-state index contributed by atoms with van der Waals surface area (Å²) in [5.74, 6) is 0. The van der Waals surface area contributed by atoms with Gasteiger partial charge in [0.1, 0.15) is 6.29 Å². The molecular weight excluding hydrogens is 194 g/mol. The lowest BCUT2D eigenvalue weighted by Crippen LogP contribution is -2.41. The van der Waals surface area contributed by atoms with Crippen molar-refractivity contribution in [3.05, 3.63) is 0 Å². The summed E-state index contributed by atoms with van der Waals surface area (Å²) in [6, 6.07) is 0. The van der Waals surface area contributed by atoms with Crippen molar-refractivity contribution >= 4 is 6.29 Å². The van der Waals surface area contributed by atoms with Gasteiger partial charge in [0.2, 0.25) is 0 Å². The van der Waals surface area contributed by atoms with Gasteiger partial charge < -0.3 is 15.0 Å². The maximum Gasteiger partial charge on any atom is 0.127 e. The van der Waals surface area contributed by atoms with Gasteiger partial charge in [0.05, 0.1) is 13.2 Å². The lowest BCUT2D eigenvalue weighted by Gasteiger charge is -2.32. The quantitative estimate of drug-likeness (QED) is 0.545. The van der Waals surface area contributed by atoms with Crippen molar-refractivity contribution in [2.24, 2.45) is 5.41 Å². The first-order valence-electron chi connectivity index (χ1n) is 5.58. The predicted octanol–water partition coefficient (Wildman–Crippen LogP) is 0.278. The highest BCUT2D eigenvalue weighted by Crippen LogP contribution is 2.24. The van der Waals surface area contributed by atoms with E-state index in [1.54, 1.807) is 0 Å². The Morgan fingerprint density at radius 1 is 1.13 bits per heavy atom. The van der Waals surface area contributed by atoms with Crippen LogP contribution in [0.25, 0.3) is 0 Å². The van der Waals surface area contributed by atoms with Gasteiger partial charge >= 0.3 is 0 Å². The number of hydrogen-bond donors (Lipinski definition) is 2. The van der Waals surface area contributed by atoms with Gasteiger partial charge in [-0.15, -0.1) is 0 Å². The number of aldehydes is 1. The lowest BCUT2D eigenvalue weighted by atomic mass is 9.83. The van der Waals surface area contributed by atoms with Crippen LogP contribution in [-0.2, 0) is 4.79 Å². The molecule has 0 amide bonds. The van der Waals surface area contributed by atoms with Crippen LogP contribution in [0, 0.1) is 5.41 Å². The molecule has 0 spiro atoms. The minimum absolute atomic E-state index is 0.0579. The molecule has 0 saturated carbocycles. The molecule has 4 heteroatoms. The molecule has 0 heterocycles. The fourth-order valence-corrected chi connectivity index (χ4v) is 1.68. The normalized spacial score (nSPS) is 12.1. The van der Waals surface area contributed by atoms with E-state index in [2.05, 4.69) is 0 Å². The highest BCUT2D eigenvalue weighted by atomic mass is 16.3. The van der Waals surface area contributed by atoms with Gasteiger partial charge in [-0.05, 0) is 12.8 Å². The summed E-state index contributed by atoms with van der Waals surface area (Å²) >= 11 is 0. The van der Waals surface area contributed by atoms with Crippen molar-refractivity contribution in [2.75, 3.05) is 32.8 Å². The predicted molar refractivity (Wildman–Crippen MR) is 59.7 cm³/mol. The molecule has 0 saturated heterocycles. The van der Waals surface area contributed by atoms with E-state index >= 15 is 0 Å². The van der Waals surface area contributed by atoms with Gasteiger partial charge in [0.25, 0.3) is 0 Å². The van der Waals surface area contributed by atoms with E-state index in [-0.39, 0.29) is 18.6 Å². The molecule has 0 atom stereocenters. The Labute approximate surface area is 91.9 Å². The molecule has 15 heavy (non-hydrogen) atoms. The molecule has 0 aromatic carbocycles. The zero-order valence-electron chi connectivity index (χ0n) is 9.78. The van der Waals surface area contributed by atoms with Crippen molar-refractivity contribution in [3.8, 4) is 0 Å². The highest BCUT2D eigenvalue weighted by Gasteiger charge is 2.27. The number of rotatable bonds is 9. The average Bonchev–Trinajstić information content (AvgIpc) is 2.27. The van der Waals surface area contributed by atoms with Gasteiger partial charge in [-0.3, -0.25) is 4.90 Å². The first-order chi connectivity index (χ1) is 7.17. The smallest absolute Gasteiger partial charge is 0.127 e. The SMILES string of the molecule is CCC(C=O)(CC)CN(CCO)CCO. The zero-order chi connectivity index (χ0) is 11.7. The van der Waals surface area contributed by atoms with Crippen molar-refractivity contribution in [1.82, 2.24) is 4.90 Å². The second kappa shape index (κ2) is 7.79. The molecule has 2 N–H and O–H groups in total. The maximum atomic E-state index is 11.1. The summed E-state index contributed by atoms with van der Waals surface area (Å²) in [6.45, 7) is 5.74.